The van der Waals surface area contributed by atoms with Gasteiger partial charge in [0.1, 0.15) is 24.6 Å². The van der Waals surface area contributed by atoms with E-state index >= 15 is 0 Å². The molecule has 3 unspecified atom stereocenters. The first kappa shape index (κ1) is 30.8. The molecule has 1 heterocycles. The molecule has 3 aliphatic rings. The maximum Gasteiger partial charge on any atom is 0.513 e. The van der Waals surface area contributed by atoms with Gasteiger partial charge in [0.25, 0.3) is 5.69 Å². The molecule has 1 aromatic carbocycles. The number of allylic oxidation sites excluding steroid dienone is 2. The molecule has 226 valence electrons. The Labute approximate surface area is 241 Å². The largest absolute Gasteiger partial charge is 0.513 e. The third-order valence-electron chi connectivity index (χ3n) is 8.66. The Morgan fingerprint density at radius 2 is 1.88 bits per heavy atom. The van der Waals surface area contributed by atoms with Gasteiger partial charge in [0.2, 0.25) is 0 Å². The number of nitrogens with one attached hydrogen (secondary N) is 1. The Morgan fingerprint density at radius 1 is 1.20 bits per heavy atom. The highest BCUT2D eigenvalue weighted by molar-refractivity contribution is 5.69. The first-order valence-electron chi connectivity index (χ1n) is 14.4. The molecular weight excluding hydrogens is 532 g/mol. The number of nitrogens with zero attached hydrogens (tertiary/aromatic N) is 1. The molecule has 0 aromatic heterocycles. The molecule has 1 amide bonds. The topological polar surface area (TPSA) is 139 Å². The van der Waals surface area contributed by atoms with Crippen LogP contribution in [0.1, 0.15) is 72.1 Å². The number of nitro benzene ring substituents is 1. The van der Waals surface area contributed by atoms with Crippen LogP contribution in [-0.2, 0) is 18.9 Å². The zero-order valence-electron chi connectivity index (χ0n) is 24.4. The molecule has 5 atom stereocenters. The first-order chi connectivity index (χ1) is 19.6. The number of benzene rings is 1. The second-order valence-electron chi connectivity index (χ2n) is 11.9. The number of non-ortho nitro benzene ring substituents is 1. The van der Waals surface area contributed by atoms with Crippen molar-refractivity contribution in [1.82, 2.24) is 5.32 Å². The summed E-state index contributed by atoms with van der Waals surface area (Å²) in [7, 11) is 1.67. The molecule has 2 saturated carbocycles. The monoisotopic (exact) mass is 574 g/mol. The third-order valence-corrected chi connectivity index (χ3v) is 8.66. The molecule has 3 fully saturated rings. The van der Waals surface area contributed by atoms with Crippen LogP contribution in [0.15, 0.2) is 35.9 Å². The highest BCUT2D eigenvalue weighted by Crippen LogP contribution is 2.51. The minimum absolute atomic E-state index is 0.0761. The second-order valence-corrected chi connectivity index (χ2v) is 11.9. The zero-order chi connectivity index (χ0) is 29.6. The molecule has 11 heteroatoms. The molecule has 11 nitrogen and oxygen atoms in total. The lowest BCUT2D eigenvalue weighted by atomic mass is 9.68. The number of amides is 1. The van der Waals surface area contributed by atoms with E-state index in [2.05, 4.69) is 32.2 Å². The van der Waals surface area contributed by atoms with Crippen molar-refractivity contribution in [3.8, 4) is 5.75 Å². The average molecular weight is 575 g/mol. The molecule has 1 saturated heterocycles. The van der Waals surface area contributed by atoms with E-state index in [4.69, 9.17) is 23.7 Å². The van der Waals surface area contributed by atoms with Gasteiger partial charge in [-0.25, -0.2) is 9.59 Å². The summed E-state index contributed by atoms with van der Waals surface area (Å²) in [6.45, 7) is 7.05. The quantitative estimate of drug-likeness (QED) is 0.0830. The number of methoxy groups -OCH3 is 1. The van der Waals surface area contributed by atoms with Crippen LogP contribution in [0.4, 0.5) is 15.3 Å². The lowest BCUT2D eigenvalue weighted by Crippen LogP contribution is -2.55. The molecule has 0 radical (unpaired) electrons. The number of nitro groups is 1. The number of carbonyl (C=O) groups is 2. The van der Waals surface area contributed by atoms with Gasteiger partial charge in [-0.15, -0.1) is 0 Å². The maximum absolute atomic E-state index is 13.2. The third kappa shape index (κ3) is 7.77. The van der Waals surface area contributed by atoms with Crippen LogP contribution in [0, 0.1) is 22.0 Å². The summed E-state index contributed by atoms with van der Waals surface area (Å²) in [5, 5.41) is 13.8. The molecule has 1 aliphatic heterocycles. The van der Waals surface area contributed by atoms with Crippen LogP contribution in [-0.4, -0.2) is 60.8 Å². The van der Waals surface area contributed by atoms with E-state index in [0.29, 0.717) is 31.8 Å². The second kappa shape index (κ2) is 13.2. The Hall–Kier alpha value is -3.18. The fraction of sp³-hybridized carbons (Fsp3) is 0.667. The molecule has 0 bridgehead atoms. The van der Waals surface area contributed by atoms with E-state index < -0.39 is 28.8 Å². The first-order valence-corrected chi connectivity index (χ1v) is 14.4. The highest BCUT2D eigenvalue weighted by atomic mass is 16.7. The summed E-state index contributed by atoms with van der Waals surface area (Å²) in [5.74, 6) is 0.560. The summed E-state index contributed by atoms with van der Waals surface area (Å²) >= 11 is 0. The van der Waals surface area contributed by atoms with E-state index in [9.17, 15) is 19.7 Å². The van der Waals surface area contributed by atoms with Crippen LogP contribution < -0.4 is 10.1 Å². The Balaban J connectivity index is 1.33. The minimum atomic E-state index is -0.952. The fourth-order valence-corrected chi connectivity index (χ4v) is 6.46. The fourth-order valence-electron chi connectivity index (χ4n) is 6.46. The smallest absolute Gasteiger partial charge is 0.443 e. The summed E-state index contributed by atoms with van der Waals surface area (Å²) in [6.07, 6.45) is 6.47. The average Bonchev–Trinajstić information content (AvgIpc) is 3.55. The van der Waals surface area contributed by atoms with Crippen LogP contribution in [0.5, 0.6) is 5.75 Å². The summed E-state index contributed by atoms with van der Waals surface area (Å²) < 4.78 is 28.5. The van der Waals surface area contributed by atoms with Crippen molar-refractivity contribution in [3.63, 3.8) is 0 Å². The lowest BCUT2D eigenvalue weighted by Gasteiger charge is -2.43. The van der Waals surface area contributed by atoms with Gasteiger partial charge < -0.3 is 29.0 Å². The van der Waals surface area contributed by atoms with E-state index in [1.807, 2.05) is 0 Å². The standard InChI is InChI=1S/C30H42N2O9/c1-20(2)8-7-9-21(3)25-26(37-4)24(14-17-30(25)19-39-30)41-27(33)31-29(15-5-6-16-29)18-38-28(34)40-23-12-10-22(11-13-23)32(35)36/h8,10-13,21,24-26H,5-7,9,14-19H2,1-4H3,(H,31,33)/t21-,24?,25?,26?,30+/m1/s1. The number of ether oxygens (including phenoxy) is 5. The lowest BCUT2D eigenvalue weighted by molar-refractivity contribution is -0.384. The molecule has 41 heavy (non-hydrogen) atoms. The SMILES string of the molecule is COC1C(OC(=O)NC2(COC(=O)Oc3ccc([N+](=O)[O-])cc3)CCCC2)CC[C@]2(CO2)C1[C@H](C)CCC=C(C)C. The molecule has 1 N–H and O–H groups in total. The number of alkyl carbamates (subject to hydrolysis) is 1. The van der Waals surface area contributed by atoms with Crippen LogP contribution in [0.2, 0.25) is 0 Å². The molecular formula is C30H42N2O9. The van der Waals surface area contributed by atoms with E-state index in [1.165, 1.54) is 29.8 Å². The van der Waals surface area contributed by atoms with Crippen molar-refractivity contribution in [2.75, 3.05) is 20.3 Å². The summed E-state index contributed by atoms with van der Waals surface area (Å²) in [4.78, 5) is 35.8. The van der Waals surface area contributed by atoms with Gasteiger partial charge in [-0.1, -0.05) is 31.4 Å². The molecule has 1 aromatic rings. The Bertz CT molecular complexity index is 1110. The van der Waals surface area contributed by atoms with Crippen LogP contribution in [0.3, 0.4) is 0 Å². The number of rotatable bonds is 11. The van der Waals surface area contributed by atoms with Gasteiger partial charge >= 0.3 is 12.2 Å². The number of hydrogen-bond acceptors (Lipinski definition) is 9. The predicted molar refractivity (Wildman–Crippen MR) is 150 cm³/mol. The van der Waals surface area contributed by atoms with E-state index in [1.54, 1.807) is 7.11 Å². The normalized spacial score (nSPS) is 27.0. The maximum atomic E-state index is 13.2. The van der Waals surface area contributed by atoms with Crippen molar-refractivity contribution >= 4 is 17.9 Å². The minimum Gasteiger partial charge on any atom is -0.443 e. The summed E-state index contributed by atoms with van der Waals surface area (Å²) in [5.41, 5.74) is 0.215. The van der Waals surface area contributed by atoms with E-state index in [-0.39, 0.29) is 35.7 Å². The molecule has 4 rings (SSSR count). The van der Waals surface area contributed by atoms with Gasteiger partial charge in [-0.05, 0) is 70.4 Å². The predicted octanol–water partition coefficient (Wildman–Crippen LogP) is 6.09. The number of carbonyl (C=O) groups excluding carboxylic acids is 2. The molecule has 1 spiro atoms. The van der Waals surface area contributed by atoms with Gasteiger partial charge in [-0.2, -0.15) is 0 Å². The highest BCUT2D eigenvalue weighted by Gasteiger charge is 2.60. The Morgan fingerprint density at radius 3 is 2.46 bits per heavy atom. The van der Waals surface area contributed by atoms with Crippen molar-refractivity contribution in [2.24, 2.45) is 11.8 Å². The van der Waals surface area contributed by atoms with Crippen molar-refractivity contribution < 1.29 is 38.2 Å². The van der Waals surface area contributed by atoms with Gasteiger partial charge in [0.15, 0.2) is 0 Å². The van der Waals surface area contributed by atoms with Crippen molar-refractivity contribution in [3.05, 3.63) is 46.0 Å². The van der Waals surface area contributed by atoms with Gasteiger partial charge in [0.05, 0.1) is 22.7 Å². The van der Waals surface area contributed by atoms with Crippen LogP contribution >= 0.6 is 0 Å². The number of hydrogen-bond donors (Lipinski definition) is 1. The summed E-state index contributed by atoms with van der Waals surface area (Å²) in [6, 6.07) is 5.12. The van der Waals surface area contributed by atoms with Gasteiger partial charge in [0, 0.05) is 25.2 Å². The molecule has 2 aliphatic carbocycles. The van der Waals surface area contributed by atoms with Gasteiger partial charge in [-0.3, -0.25) is 10.1 Å². The zero-order valence-corrected chi connectivity index (χ0v) is 24.4. The van der Waals surface area contributed by atoms with Crippen LogP contribution in [0.25, 0.3) is 0 Å². The van der Waals surface area contributed by atoms with E-state index in [0.717, 1.165) is 32.1 Å². The number of epoxide rings is 1. The van der Waals surface area contributed by atoms with Crippen molar-refractivity contribution in [1.29, 1.82) is 0 Å². The Kier molecular flexibility index (Phi) is 9.91. The van der Waals surface area contributed by atoms with Crippen molar-refractivity contribution in [2.45, 2.75) is 95.5 Å².